The van der Waals surface area contributed by atoms with Crippen molar-refractivity contribution in [3.8, 4) is 5.75 Å². The number of likely N-dealkylation sites (N-methyl/N-ethyl adjacent to an activating group) is 1. The number of aliphatic hydroxyl groups excluding tert-OH is 1. The van der Waals surface area contributed by atoms with Crippen molar-refractivity contribution in [3.63, 3.8) is 0 Å². The van der Waals surface area contributed by atoms with E-state index in [1.807, 2.05) is 37.3 Å². The summed E-state index contributed by atoms with van der Waals surface area (Å²) >= 11 is 0. The van der Waals surface area contributed by atoms with Gasteiger partial charge >= 0.3 is 0 Å². The predicted octanol–water partition coefficient (Wildman–Crippen LogP) is 3.34. The van der Waals surface area contributed by atoms with Gasteiger partial charge in [-0.25, -0.2) is 8.42 Å². The number of fused-ring (bicyclic) bond motifs is 1. The van der Waals surface area contributed by atoms with Crippen molar-refractivity contribution in [1.82, 2.24) is 9.21 Å². The summed E-state index contributed by atoms with van der Waals surface area (Å²) in [6.07, 6.45) is -0.397. The van der Waals surface area contributed by atoms with Crippen LogP contribution in [0.4, 0.5) is 5.69 Å². The van der Waals surface area contributed by atoms with Crippen LogP contribution in [-0.4, -0.2) is 73.4 Å². The standard InChI is InChI=1S/C31H37N3O6S/c1-22-19-34(23(2)21-35)31(37)18-25-17-26(32-30(36)16-24-10-6-4-7-11-24)14-15-28(25)40-29(22)20-33(3)41(38,39)27-12-8-5-9-13-27/h4-15,17,22-23,29,35H,16,18-21H2,1-3H3,(H,32,36)/t22-,23-,29+/m1/s1. The second-order valence-electron chi connectivity index (χ2n) is 10.5. The summed E-state index contributed by atoms with van der Waals surface area (Å²) in [6, 6.07) is 22.3. The molecule has 0 fully saturated rings. The molecule has 2 N–H and O–H groups in total. The lowest BCUT2D eigenvalue weighted by Crippen LogP contribution is -2.48. The molecular formula is C31H37N3O6S. The Kier molecular flexibility index (Phi) is 9.80. The largest absolute Gasteiger partial charge is 0.488 e. The van der Waals surface area contributed by atoms with Crippen molar-refractivity contribution in [2.45, 2.75) is 43.7 Å². The minimum atomic E-state index is -3.78. The van der Waals surface area contributed by atoms with Crippen LogP contribution in [0.2, 0.25) is 0 Å². The predicted molar refractivity (Wildman–Crippen MR) is 157 cm³/mol. The number of ether oxygens (including phenoxy) is 1. The second kappa shape index (κ2) is 13.3. The molecule has 0 aromatic heterocycles. The zero-order chi connectivity index (χ0) is 29.6. The van der Waals surface area contributed by atoms with Crippen molar-refractivity contribution in [3.05, 3.63) is 90.0 Å². The first kappa shape index (κ1) is 30.2. The quantitative estimate of drug-likeness (QED) is 0.402. The van der Waals surface area contributed by atoms with Crippen LogP contribution in [0.5, 0.6) is 5.75 Å². The fraction of sp³-hybridized carbons (Fsp3) is 0.355. The summed E-state index contributed by atoms with van der Waals surface area (Å²) in [7, 11) is -2.26. The van der Waals surface area contributed by atoms with Crippen molar-refractivity contribution in [2.75, 3.05) is 32.1 Å². The normalized spacial score (nSPS) is 18.5. The van der Waals surface area contributed by atoms with Crippen LogP contribution >= 0.6 is 0 Å². The van der Waals surface area contributed by atoms with Gasteiger partial charge in [-0.1, -0.05) is 55.5 Å². The molecule has 10 heteroatoms. The maximum absolute atomic E-state index is 13.4. The highest BCUT2D eigenvalue weighted by Crippen LogP contribution is 2.30. The van der Waals surface area contributed by atoms with E-state index < -0.39 is 22.2 Å². The average molecular weight is 580 g/mol. The molecule has 9 nitrogen and oxygen atoms in total. The molecule has 41 heavy (non-hydrogen) atoms. The summed E-state index contributed by atoms with van der Waals surface area (Å²) in [5.74, 6) is -0.207. The van der Waals surface area contributed by atoms with Gasteiger partial charge < -0.3 is 20.1 Å². The minimum absolute atomic E-state index is 0.000335. The van der Waals surface area contributed by atoms with Crippen molar-refractivity contribution >= 4 is 27.5 Å². The third kappa shape index (κ3) is 7.52. The lowest BCUT2D eigenvalue weighted by Gasteiger charge is -2.33. The van der Waals surface area contributed by atoms with Crippen molar-refractivity contribution in [2.24, 2.45) is 5.92 Å². The van der Waals surface area contributed by atoms with E-state index in [0.29, 0.717) is 17.0 Å². The van der Waals surface area contributed by atoms with E-state index in [1.165, 1.54) is 11.4 Å². The molecule has 3 aromatic carbocycles. The summed E-state index contributed by atoms with van der Waals surface area (Å²) in [6.45, 7) is 3.78. The average Bonchev–Trinajstić information content (AvgIpc) is 3.01. The molecular weight excluding hydrogens is 542 g/mol. The van der Waals surface area contributed by atoms with E-state index in [0.717, 1.165) is 5.56 Å². The van der Waals surface area contributed by atoms with Gasteiger partial charge in [0, 0.05) is 30.8 Å². The van der Waals surface area contributed by atoms with E-state index >= 15 is 0 Å². The number of sulfonamides is 1. The number of rotatable bonds is 9. The SMILES string of the molecule is C[C@@H]1CN([C@H](C)CO)C(=O)Cc2cc(NC(=O)Cc3ccccc3)ccc2O[C@H]1CN(C)S(=O)(=O)c1ccccc1. The summed E-state index contributed by atoms with van der Waals surface area (Å²) in [5.41, 5.74) is 1.97. The van der Waals surface area contributed by atoms with E-state index in [9.17, 15) is 23.1 Å². The maximum atomic E-state index is 13.4. The minimum Gasteiger partial charge on any atom is -0.488 e. The van der Waals surface area contributed by atoms with Gasteiger partial charge in [0.25, 0.3) is 0 Å². The van der Waals surface area contributed by atoms with Gasteiger partial charge in [-0.3, -0.25) is 9.59 Å². The Morgan fingerprint density at radius 2 is 1.76 bits per heavy atom. The number of carbonyl (C=O) groups excluding carboxylic acids is 2. The monoisotopic (exact) mass is 579 g/mol. The lowest BCUT2D eigenvalue weighted by molar-refractivity contribution is -0.134. The first-order chi connectivity index (χ1) is 19.6. The zero-order valence-corrected chi connectivity index (χ0v) is 24.4. The van der Waals surface area contributed by atoms with Gasteiger partial charge in [0.1, 0.15) is 11.9 Å². The number of nitrogens with one attached hydrogen (secondary N) is 1. The Morgan fingerprint density at radius 1 is 1.10 bits per heavy atom. The van der Waals surface area contributed by atoms with E-state index in [-0.39, 0.29) is 55.2 Å². The maximum Gasteiger partial charge on any atom is 0.242 e. The molecule has 218 valence electrons. The Balaban J connectivity index is 1.62. The third-order valence-electron chi connectivity index (χ3n) is 7.30. The number of aliphatic hydroxyl groups is 1. The highest BCUT2D eigenvalue weighted by Gasteiger charge is 2.33. The van der Waals surface area contributed by atoms with Crippen LogP contribution < -0.4 is 10.1 Å². The van der Waals surface area contributed by atoms with E-state index in [4.69, 9.17) is 4.74 Å². The number of anilines is 1. The summed E-state index contributed by atoms with van der Waals surface area (Å²) < 4.78 is 34.2. The molecule has 1 aliphatic heterocycles. The molecule has 1 heterocycles. The van der Waals surface area contributed by atoms with Gasteiger partial charge in [0.05, 0.1) is 36.9 Å². The van der Waals surface area contributed by atoms with Crippen LogP contribution in [0.15, 0.2) is 83.8 Å². The molecule has 0 unspecified atom stereocenters. The molecule has 4 rings (SSSR count). The molecule has 1 aliphatic rings. The van der Waals surface area contributed by atoms with Crippen molar-refractivity contribution in [1.29, 1.82) is 0 Å². The second-order valence-corrected chi connectivity index (χ2v) is 12.6. The first-order valence-corrected chi connectivity index (χ1v) is 15.1. The number of nitrogens with zero attached hydrogens (tertiary/aromatic N) is 2. The smallest absolute Gasteiger partial charge is 0.242 e. The Bertz CT molecular complexity index is 1450. The molecule has 3 aromatic rings. The van der Waals surface area contributed by atoms with E-state index in [1.54, 1.807) is 60.4 Å². The zero-order valence-electron chi connectivity index (χ0n) is 23.6. The highest BCUT2D eigenvalue weighted by atomic mass is 32.2. The Morgan fingerprint density at radius 3 is 2.41 bits per heavy atom. The van der Waals surface area contributed by atoms with Crippen LogP contribution in [0, 0.1) is 5.92 Å². The Labute approximate surface area is 241 Å². The number of hydrogen-bond donors (Lipinski definition) is 2. The van der Waals surface area contributed by atoms with Gasteiger partial charge in [-0.05, 0) is 42.8 Å². The number of benzene rings is 3. The van der Waals surface area contributed by atoms with Gasteiger partial charge in [0.15, 0.2) is 0 Å². The lowest BCUT2D eigenvalue weighted by atomic mass is 10.0. The van der Waals surface area contributed by atoms with Crippen LogP contribution in [0.25, 0.3) is 0 Å². The van der Waals surface area contributed by atoms with E-state index in [2.05, 4.69) is 5.32 Å². The number of carbonyl (C=O) groups is 2. The molecule has 0 radical (unpaired) electrons. The van der Waals surface area contributed by atoms with Gasteiger partial charge in [0.2, 0.25) is 21.8 Å². The van der Waals surface area contributed by atoms with Gasteiger partial charge in [-0.2, -0.15) is 4.31 Å². The molecule has 2 amide bonds. The van der Waals surface area contributed by atoms with Gasteiger partial charge in [-0.15, -0.1) is 0 Å². The van der Waals surface area contributed by atoms with Crippen LogP contribution in [-0.2, 0) is 32.5 Å². The third-order valence-corrected chi connectivity index (χ3v) is 9.13. The van der Waals surface area contributed by atoms with Crippen LogP contribution in [0.1, 0.15) is 25.0 Å². The fourth-order valence-electron chi connectivity index (χ4n) is 4.84. The number of amides is 2. The molecule has 0 bridgehead atoms. The topological polar surface area (TPSA) is 116 Å². The highest BCUT2D eigenvalue weighted by molar-refractivity contribution is 7.89. The molecule has 0 spiro atoms. The molecule has 0 aliphatic carbocycles. The molecule has 0 saturated carbocycles. The summed E-state index contributed by atoms with van der Waals surface area (Å²) in [4.78, 5) is 27.9. The molecule has 0 saturated heterocycles. The number of hydrogen-bond acceptors (Lipinski definition) is 6. The van der Waals surface area contributed by atoms with Crippen molar-refractivity contribution < 1.29 is 27.9 Å². The Hall–Kier alpha value is -3.73. The first-order valence-electron chi connectivity index (χ1n) is 13.6. The fourth-order valence-corrected chi connectivity index (χ4v) is 6.04. The molecule has 3 atom stereocenters. The van der Waals surface area contributed by atoms with Crippen LogP contribution in [0.3, 0.4) is 0 Å². The summed E-state index contributed by atoms with van der Waals surface area (Å²) in [5, 5.41) is 12.8.